The first-order chi connectivity index (χ1) is 27.6. The summed E-state index contributed by atoms with van der Waals surface area (Å²) in [6, 6.07) is 27.9. The molecule has 0 fully saturated rings. The van der Waals surface area contributed by atoms with Gasteiger partial charge in [-0.05, 0) is 134 Å². The summed E-state index contributed by atoms with van der Waals surface area (Å²) in [5.74, 6) is 0.461. The predicted molar refractivity (Wildman–Crippen MR) is 249 cm³/mol. The molecule has 2 nitrogen and oxygen atoms in total. The maximum Gasteiger partial charge on any atom is 0.0384 e. The van der Waals surface area contributed by atoms with Crippen molar-refractivity contribution >= 4 is 11.8 Å². The van der Waals surface area contributed by atoms with E-state index in [1.165, 1.54) is 44.5 Å². The SMILES string of the molecule is C=C/C=C(\C=C/Cc1ccccc1)Nc1ccc(-c2ccc(/C=C\C(=C/CCNCC(=C\C=C/C)/C(/C=C\C(/C=C\C)CC)=C/C)C3=CC=CCC3)cc2)cc1. The minimum absolute atomic E-state index is 0.461. The number of hydrogen-bond acceptors (Lipinski definition) is 2. The van der Waals surface area contributed by atoms with E-state index in [0.29, 0.717) is 5.92 Å². The summed E-state index contributed by atoms with van der Waals surface area (Å²) < 4.78 is 0. The van der Waals surface area contributed by atoms with Gasteiger partial charge in [-0.15, -0.1) is 0 Å². The third-order valence-electron chi connectivity index (χ3n) is 9.66. The molecule has 0 radical (unpaired) electrons. The number of benzene rings is 3. The fourth-order valence-corrected chi connectivity index (χ4v) is 6.46. The lowest BCUT2D eigenvalue weighted by molar-refractivity contribution is 0.740. The fraction of sp³-hybridized carbons (Fsp3) is 0.222. The highest BCUT2D eigenvalue weighted by Gasteiger charge is 2.06. The summed E-state index contributed by atoms with van der Waals surface area (Å²) in [4.78, 5) is 0. The van der Waals surface area contributed by atoms with E-state index >= 15 is 0 Å². The van der Waals surface area contributed by atoms with Gasteiger partial charge in [-0.3, -0.25) is 0 Å². The van der Waals surface area contributed by atoms with Crippen LogP contribution in [-0.4, -0.2) is 13.1 Å². The summed E-state index contributed by atoms with van der Waals surface area (Å²) in [6.45, 7) is 14.2. The summed E-state index contributed by atoms with van der Waals surface area (Å²) in [5, 5.41) is 7.24. The number of rotatable bonds is 21. The Kier molecular flexibility index (Phi) is 19.5. The van der Waals surface area contributed by atoms with Crippen molar-refractivity contribution in [2.45, 2.75) is 59.8 Å². The van der Waals surface area contributed by atoms with E-state index in [2.05, 4.69) is 215 Å². The number of allylic oxidation sites excluding steroid dienone is 18. The topological polar surface area (TPSA) is 24.1 Å². The van der Waals surface area contributed by atoms with Gasteiger partial charge in [0.2, 0.25) is 0 Å². The Hall–Kier alpha value is -5.70. The molecule has 1 unspecified atom stereocenters. The Labute approximate surface area is 339 Å². The van der Waals surface area contributed by atoms with Crippen molar-refractivity contribution in [1.29, 1.82) is 0 Å². The van der Waals surface area contributed by atoms with E-state index in [-0.39, 0.29) is 0 Å². The molecule has 4 rings (SSSR count). The van der Waals surface area contributed by atoms with Gasteiger partial charge in [-0.25, -0.2) is 0 Å². The lowest BCUT2D eigenvalue weighted by atomic mass is 9.95. The van der Waals surface area contributed by atoms with Crippen LogP contribution in [0.1, 0.15) is 64.5 Å². The first-order valence-electron chi connectivity index (χ1n) is 20.3. The van der Waals surface area contributed by atoms with Crippen LogP contribution in [0.2, 0.25) is 0 Å². The smallest absolute Gasteiger partial charge is 0.0384 e. The van der Waals surface area contributed by atoms with Crippen LogP contribution in [-0.2, 0) is 6.42 Å². The van der Waals surface area contributed by atoms with Crippen LogP contribution >= 0.6 is 0 Å². The zero-order chi connectivity index (χ0) is 39.6. The van der Waals surface area contributed by atoms with Gasteiger partial charge >= 0.3 is 0 Å². The second-order valence-electron chi connectivity index (χ2n) is 13.8. The Morgan fingerprint density at radius 1 is 0.839 bits per heavy atom. The van der Waals surface area contributed by atoms with Crippen molar-refractivity contribution in [2.75, 3.05) is 18.4 Å². The van der Waals surface area contributed by atoms with Crippen molar-refractivity contribution < 1.29 is 0 Å². The van der Waals surface area contributed by atoms with Gasteiger partial charge in [0.25, 0.3) is 0 Å². The molecular formula is C54H62N2. The zero-order valence-electron chi connectivity index (χ0n) is 34.1. The van der Waals surface area contributed by atoms with E-state index in [1.54, 1.807) is 0 Å². The first-order valence-corrected chi connectivity index (χ1v) is 20.3. The van der Waals surface area contributed by atoms with Crippen LogP contribution in [0.3, 0.4) is 0 Å². The van der Waals surface area contributed by atoms with Crippen molar-refractivity contribution in [2.24, 2.45) is 5.92 Å². The molecule has 0 amide bonds. The Bertz CT molecular complexity index is 1980. The average Bonchev–Trinajstić information content (AvgIpc) is 3.24. The molecule has 0 heterocycles. The largest absolute Gasteiger partial charge is 0.356 e. The molecule has 2 heteroatoms. The molecule has 0 spiro atoms. The van der Waals surface area contributed by atoms with E-state index in [9.17, 15) is 0 Å². The molecule has 0 saturated heterocycles. The molecule has 3 aromatic carbocycles. The lowest BCUT2D eigenvalue weighted by Gasteiger charge is -2.13. The van der Waals surface area contributed by atoms with Gasteiger partial charge in [-0.2, -0.15) is 0 Å². The lowest BCUT2D eigenvalue weighted by Crippen LogP contribution is -2.18. The molecule has 0 saturated carbocycles. The van der Waals surface area contributed by atoms with Gasteiger partial charge in [0.15, 0.2) is 0 Å². The molecule has 0 aromatic heterocycles. The van der Waals surface area contributed by atoms with Crippen LogP contribution in [0.15, 0.2) is 217 Å². The molecule has 288 valence electrons. The quantitative estimate of drug-likeness (QED) is 0.0646. The summed E-state index contributed by atoms with van der Waals surface area (Å²) >= 11 is 0. The number of nitrogens with one attached hydrogen (secondary N) is 2. The average molecular weight is 739 g/mol. The predicted octanol–water partition coefficient (Wildman–Crippen LogP) is 14.4. The molecule has 0 bridgehead atoms. The minimum atomic E-state index is 0.461. The van der Waals surface area contributed by atoms with Gasteiger partial charge in [0.05, 0.1) is 0 Å². The summed E-state index contributed by atoms with van der Waals surface area (Å²) in [6.07, 6.45) is 44.5. The molecule has 1 atom stereocenters. The summed E-state index contributed by atoms with van der Waals surface area (Å²) in [7, 11) is 0. The molecule has 56 heavy (non-hydrogen) atoms. The van der Waals surface area contributed by atoms with Crippen molar-refractivity contribution in [3.05, 3.63) is 228 Å². The third kappa shape index (κ3) is 15.2. The molecule has 2 N–H and O–H groups in total. The van der Waals surface area contributed by atoms with E-state index in [1.807, 2.05) is 18.2 Å². The third-order valence-corrected chi connectivity index (χ3v) is 9.66. The van der Waals surface area contributed by atoms with Gasteiger partial charge in [0.1, 0.15) is 0 Å². The molecule has 1 aliphatic rings. The Balaban J connectivity index is 1.37. The molecule has 1 aliphatic carbocycles. The highest BCUT2D eigenvalue weighted by atomic mass is 14.9. The molecule has 0 aliphatic heterocycles. The van der Waals surface area contributed by atoms with Crippen LogP contribution in [0.25, 0.3) is 17.2 Å². The van der Waals surface area contributed by atoms with Crippen LogP contribution < -0.4 is 10.6 Å². The number of hydrogen-bond donors (Lipinski definition) is 2. The first kappa shape index (κ1) is 43.0. The van der Waals surface area contributed by atoms with E-state index in [0.717, 1.165) is 56.6 Å². The maximum atomic E-state index is 3.90. The van der Waals surface area contributed by atoms with Crippen molar-refractivity contribution in [3.8, 4) is 11.1 Å². The Morgan fingerprint density at radius 3 is 2.27 bits per heavy atom. The standard InChI is InChI=1S/C54H62N2/c1-6-11-25-52(47(10-5)34-30-44(9-4)20-7-2)43-55-42-19-28-49(48-26-16-13-17-27-48)35-31-46-32-36-50(37-33-46)51-38-40-54(41-39-51)56-53(21-8-3)29-18-24-45-22-14-12-15-23-45/h6-8,10-16,18,20-23,25-26,28-41,44,55-56H,3,9,17,19,24,27,42-43H2,1-2,4-5H3/b11-6-,20-7-,29-18-,34-30-,35-31-,47-10+,49-28+,52-25+,53-21+. The Morgan fingerprint density at radius 2 is 1.61 bits per heavy atom. The second-order valence-corrected chi connectivity index (χ2v) is 13.8. The normalized spacial score (nSPS) is 15.2. The minimum Gasteiger partial charge on any atom is -0.356 e. The van der Waals surface area contributed by atoms with E-state index < -0.39 is 0 Å². The van der Waals surface area contributed by atoms with Crippen molar-refractivity contribution in [1.82, 2.24) is 5.32 Å². The number of anilines is 1. The van der Waals surface area contributed by atoms with Gasteiger partial charge < -0.3 is 10.6 Å². The van der Waals surface area contributed by atoms with Gasteiger partial charge in [0, 0.05) is 17.9 Å². The van der Waals surface area contributed by atoms with E-state index in [4.69, 9.17) is 0 Å². The molecule has 3 aromatic rings. The van der Waals surface area contributed by atoms with Gasteiger partial charge in [-0.1, -0.05) is 177 Å². The highest BCUT2D eigenvalue weighted by molar-refractivity contribution is 5.69. The fourth-order valence-electron chi connectivity index (χ4n) is 6.46. The highest BCUT2D eigenvalue weighted by Crippen LogP contribution is 2.26. The molecular weight excluding hydrogens is 677 g/mol. The zero-order valence-corrected chi connectivity index (χ0v) is 34.1. The van der Waals surface area contributed by atoms with Crippen LogP contribution in [0.4, 0.5) is 5.69 Å². The van der Waals surface area contributed by atoms with Crippen molar-refractivity contribution in [3.63, 3.8) is 0 Å². The second kappa shape index (κ2) is 25.4. The maximum absolute atomic E-state index is 3.90. The summed E-state index contributed by atoms with van der Waals surface area (Å²) in [5.41, 5.74) is 12.2. The monoisotopic (exact) mass is 738 g/mol. The van der Waals surface area contributed by atoms with Crippen LogP contribution in [0.5, 0.6) is 0 Å². The van der Waals surface area contributed by atoms with Crippen LogP contribution in [0, 0.1) is 5.92 Å².